The van der Waals surface area contributed by atoms with E-state index in [4.69, 9.17) is 13.9 Å². The van der Waals surface area contributed by atoms with Crippen LogP contribution in [0.4, 0.5) is 10.5 Å². The van der Waals surface area contributed by atoms with Gasteiger partial charge >= 0.3 is 72.3 Å². The van der Waals surface area contributed by atoms with E-state index in [-0.39, 0.29) is 0 Å². The van der Waals surface area contributed by atoms with Gasteiger partial charge in [0.05, 0.1) is 0 Å². The number of urea groups is 1. The Hall–Kier alpha value is -1.13. The van der Waals surface area contributed by atoms with Crippen molar-refractivity contribution in [1.82, 2.24) is 0 Å². The van der Waals surface area contributed by atoms with Crippen molar-refractivity contribution < 1.29 is 11.2 Å². The van der Waals surface area contributed by atoms with Crippen molar-refractivity contribution in [1.29, 1.82) is 0 Å². The molecule has 0 aliphatic heterocycles. The molecule has 0 aliphatic rings. The van der Waals surface area contributed by atoms with Gasteiger partial charge in [0.25, 0.3) is 0 Å². The monoisotopic (exact) mass is 307 g/mol. The van der Waals surface area contributed by atoms with Crippen LogP contribution >= 0.6 is 0 Å². The summed E-state index contributed by atoms with van der Waals surface area (Å²) in [7, 11) is 0. The molecule has 0 bridgehead atoms. The number of rotatable bonds is 1. The second-order valence-corrected chi connectivity index (χ2v) is 5.72. The van der Waals surface area contributed by atoms with Gasteiger partial charge in [0.15, 0.2) is 0 Å². The Balaban J connectivity index is 0.000000364. The molecule has 2 amide bonds. The molecule has 1 aromatic carbocycles. The van der Waals surface area contributed by atoms with Crippen LogP contribution in [0.1, 0.15) is 0 Å². The molecule has 0 fully saturated rings. The van der Waals surface area contributed by atoms with Gasteiger partial charge in [-0.25, -0.2) is 4.79 Å². The second kappa shape index (κ2) is 6.34. The number of nitrogen functional groups attached to an aromatic ring is 1. The summed E-state index contributed by atoms with van der Waals surface area (Å²) in [5, 5.41) is 0. The number of primary amides is 2. The molecule has 0 saturated heterocycles. The van der Waals surface area contributed by atoms with Crippen LogP contribution in [0.2, 0.25) is 0 Å². The normalized spacial score (nSPS) is 10.9. The Labute approximate surface area is 88.6 Å². The number of nitrogens with two attached hydrogens (primary N) is 3. The molecule has 0 spiro atoms. The molecule has 7 heteroatoms. The molecular weight excluding hydrogens is 296 g/mol. The summed E-state index contributed by atoms with van der Waals surface area (Å²) in [6, 6.07) is 5.61. The van der Waals surface area contributed by atoms with Crippen molar-refractivity contribution in [3.05, 3.63) is 24.3 Å². The van der Waals surface area contributed by atoms with Gasteiger partial charge in [0.1, 0.15) is 0 Å². The van der Waals surface area contributed by atoms with Crippen molar-refractivity contribution in [3.8, 4) is 0 Å². The zero-order chi connectivity index (χ0) is 11.1. The van der Waals surface area contributed by atoms with Gasteiger partial charge in [-0.05, 0) is 0 Å². The van der Waals surface area contributed by atoms with E-state index in [2.05, 4.69) is 11.5 Å². The number of hydrogen-bond acceptors (Lipinski definition) is 3. The quantitative estimate of drug-likeness (QED) is 0.358. The average molecular weight is 308 g/mol. The van der Waals surface area contributed by atoms with E-state index in [0.717, 1.165) is 0 Å². The first-order chi connectivity index (χ1) is 6.43. The third-order valence-electron chi connectivity index (χ3n) is 1.16. The number of hydrogen-bond donors (Lipinski definition) is 4. The SMILES string of the molecule is NC(N)=O.Nc1cc[c]([SbH](=[O])[OH])cc1. The number of carbonyl (C=O) groups is 1. The first kappa shape index (κ1) is 12.9. The van der Waals surface area contributed by atoms with E-state index < -0.39 is 26.7 Å². The predicted octanol–water partition coefficient (Wildman–Crippen LogP) is -1.86. The predicted molar refractivity (Wildman–Crippen MR) is 54.3 cm³/mol. The van der Waals surface area contributed by atoms with Gasteiger partial charge in [0.2, 0.25) is 0 Å². The van der Waals surface area contributed by atoms with E-state index in [1.165, 1.54) is 0 Å². The summed E-state index contributed by atoms with van der Waals surface area (Å²) in [6.45, 7) is 0. The average Bonchev–Trinajstić information content (AvgIpc) is 2.03. The van der Waals surface area contributed by atoms with Crippen LogP contribution in [0, 0.1) is 0 Å². The topological polar surface area (TPSA) is 132 Å². The maximum atomic E-state index is 10.6. The number of carbonyl (C=O) groups excluding carboxylic acids is 1. The molecule has 1 rings (SSSR count). The minimum absolute atomic E-state index is 0.539. The van der Waals surface area contributed by atoms with Crippen LogP contribution < -0.4 is 20.7 Å². The van der Waals surface area contributed by atoms with Crippen molar-refractivity contribution in [2.45, 2.75) is 0 Å². The molecule has 0 heterocycles. The summed E-state index contributed by atoms with van der Waals surface area (Å²) in [6.07, 6.45) is 0. The maximum absolute atomic E-state index is 10.6. The fourth-order valence-electron chi connectivity index (χ4n) is 0.626. The zero-order valence-electron chi connectivity index (χ0n) is 7.31. The van der Waals surface area contributed by atoms with Gasteiger partial charge in [-0.1, -0.05) is 0 Å². The number of benzene rings is 1. The summed E-state index contributed by atoms with van der Waals surface area (Å²) >= 11 is -3.36. The Morgan fingerprint density at radius 2 is 1.57 bits per heavy atom. The third kappa shape index (κ3) is 6.39. The van der Waals surface area contributed by atoms with E-state index in [0.29, 0.717) is 9.20 Å². The molecule has 1 unspecified atom stereocenters. The Bertz CT molecular complexity index is 321. The zero-order valence-corrected chi connectivity index (χ0v) is 10.2. The first-order valence-electron chi connectivity index (χ1n) is 3.57. The fraction of sp³-hybridized carbons (Fsp3) is 0. The molecule has 7 N–H and O–H groups in total. The summed E-state index contributed by atoms with van der Waals surface area (Å²) in [5.74, 6) is 0. The number of anilines is 1. The van der Waals surface area contributed by atoms with Gasteiger partial charge in [0, 0.05) is 0 Å². The van der Waals surface area contributed by atoms with Gasteiger partial charge < -0.3 is 11.5 Å². The van der Waals surface area contributed by atoms with Crippen molar-refractivity contribution in [2.24, 2.45) is 11.5 Å². The van der Waals surface area contributed by atoms with Gasteiger partial charge in [-0.15, -0.1) is 0 Å². The summed E-state index contributed by atoms with van der Waals surface area (Å²) in [4.78, 5) is 9.00. The molecule has 0 saturated carbocycles. The molecule has 1 atom stereocenters. The van der Waals surface area contributed by atoms with Crippen LogP contribution in [0.25, 0.3) is 0 Å². The molecule has 78 valence electrons. The summed E-state index contributed by atoms with van der Waals surface area (Å²) in [5.41, 5.74) is 14.5. The summed E-state index contributed by atoms with van der Waals surface area (Å²) < 4.78 is 19.8. The molecule has 0 radical (unpaired) electrons. The Morgan fingerprint density at radius 3 is 1.86 bits per heavy atom. The van der Waals surface area contributed by atoms with Crippen LogP contribution in [0.3, 0.4) is 0 Å². The van der Waals surface area contributed by atoms with E-state index in [1.54, 1.807) is 24.3 Å². The Morgan fingerprint density at radius 1 is 1.21 bits per heavy atom. The van der Waals surface area contributed by atoms with Gasteiger partial charge in [-0.2, -0.15) is 0 Å². The van der Waals surface area contributed by atoms with Crippen LogP contribution in [0.5, 0.6) is 0 Å². The van der Waals surface area contributed by atoms with E-state index in [9.17, 15) is 3.02 Å². The molecule has 0 aliphatic carbocycles. The molecule has 14 heavy (non-hydrogen) atoms. The van der Waals surface area contributed by atoms with E-state index >= 15 is 0 Å². The molecule has 6 nitrogen and oxygen atoms in total. The fourth-order valence-corrected chi connectivity index (χ4v) is 1.92. The molecular formula is C7H12N3O3Sb. The third-order valence-corrected chi connectivity index (χ3v) is 3.52. The second-order valence-electron chi connectivity index (χ2n) is 2.33. The molecule has 1 aromatic rings. The van der Waals surface area contributed by atoms with Crippen molar-refractivity contribution >= 4 is 35.8 Å². The first-order valence-corrected chi connectivity index (χ1v) is 7.44. The van der Waals surface area contributed by atoms with Gasteiger partial charge in [-0.3, -0.25) is 0 Å². The van der Waals surface area contributed by atoms with Crippen LogP contribution in [0.15, 0.2) is 24.3 Å². The van der Waals surface area contributed by atoms with Crippen molar-refractivity contribution in [2.75, 3.05) is 5.73 Å². The molecule has 0 aromatic heterocycles. The Kier molecular flexibility index (Phi) is 5.83. The van der Waals surface area contributed by atoms with E-state index in [1.807, 2.05) is 0 Å². The minimum atomic E-state index is -3.36. The standard InChI is InChI=1S/C6H6N.CH4N2O.H2O.O.Sb.H/c7-6-4-2-1-3-5-6;2-1(3)4;;;;/h2-5H,7H2;(H4,2,3,4);1H2;;;/q;;;;+1;/p-1. The van der Waals surface area contributed by atoms with Crippen LogP contribution in [-0.2, 0) is 3.02 Å². The van der Waals surface area contributed by atoms with Crippen molar-refractivity contribution in [3.63, 3.8) is 0 Å². The number of amides is 2. The van der Waals surface area contributed by atoms with Crippen LogP contribution in [-0.4, -0.2) is 30.0 Å².